The predicted molar refractivity (Wildman–Crippen MR) is 100 cm³/mol. The molecule has 0 aliphatic rings. The number of thioether (sulfide) groups is 1. The van der Waals surface area contributed by atoms with Crippen LogP contribution >= 0.6 is 34.4 Å². The monoisotopic (exact) mass is 480 g/mol. The van der Waals surface area contributed by atoms with Gasteiger partial charge in [0.15, 0.2) is 0 Å². The highest BCUT2D eigenvalue weighted by molar-refractivity contribution is 14.1. The highest BCUT2D eigenvalue weighted by Gasteiger charge is 2.53. The van der Waals surface area contributed by atoms with Crippen LogP contribution in [-0.2, 0) is 19.1 Å². The van der Waals surface area contributed by atoms with E-state index in [1.54, 1.807) is 31.2 Å². The van der Waals surface area contributed by atoms with Gasteiger partial charge in [0.2, 0.25) is 0 Å². The summed E-state index contributed by atoms with van der Waals surface area (Å²) in [5, 5.41) is 27.7. The predicted octanol–water partition coefficient (Wildman–Crippen LogP) is 2.09. The molecule has 0 bridgehead atoms. The lowest BCUT2D eigenvalue weighted by molar-refractivity contribution is -0.176. The fourth-order valence-electron chi connectivity index (χ4n) is 1.93. The average molecular weight is 480 g/mol. The van der Waals surface area contributed by atoms with Crippen LogP contribution in [0.15, 0.2) is 36.4 Å². The molecule has 0 heterocycles. The normalized spacial score (nSPS) is 12.8. The lowest BCUT2D eigenvalue weighted by atomic mass is 9.94. The molecule has 0 fully saturated rings. The molecule has 1 aromatic carbocycles. The molecule has 0 amide bonds. The lowest BCUT2D eigenvalue weighted by Gasteiger charge is -2.29. The van der Waals surface area contributed by atoms with Crippen LogP contribution in [0, 0.1) is 3.57 Å². The molecule has 1 atom stereocenters. The topological polar surface area (TPSA) is 121 Å². The molecule has 0 aliphatic carbocycles. The summed E-state index contributed by atoms with van der Waals surface area (Å²) in [4.78, 5) is 34.2. The van der Waals surface area contributed by atoms with Gasteiger partial charge in [0.1, 0.15) is 0 Å². The number of carbonyl (C=O) groups is 3. The number of halogens is 1. The van der Waals surface area contributed by atoms with E-state index in [0.29, 0.717) is 9.13 Å². The van der Waals surface area contributed by atoms with Gasteiger partial charge in [-0.2, -0.15) is 0 Å². The number of aliphatic hydroxyl groups is 1. The molecule has 25 heavy (non-hydrogen) atoms. The van der Waals surface area contributed by atoms with E-state index in [1.807, 2.05) is 22.6 Å². The van der Waals surface area contributed by atoms with Crippen LogP contribution in [0.2, 0.25) is 0 Å². The fraction of sp³-hybridized carbons (Fsp3) is 0.312. The first-order valence-electron chi connectivity index (χ1n) is 7.13. The van der Waals surface area contributed by atoms with Crippen LogP contribution in [0.4, 0.5) is 0 Å². The van der Waals surface area contributed by atoms with Crippen molar-refractivity contribution in [3.63, 3.8) is 0 Å². The number of ether oxygens (including phenoxy) is 1. The summed E-state index contributed by atoms with van der Waals surface area (Å²) in [6, 6.07) is 6.59. The van der Waals surface area contributed by atoms with Gasteiger partial charge in [-0.15, -0.1) is 11.8 Å². The maximum absolute atomic E-state index is 11.5. The Bertz CT molecular complexity index is 660. The zero-order valence-corrected chi connectivity index (χ0v) is 16.2. The van der Waals surface area contributed by atoms with Crippen molar-refractivity contribution in [3.8, 4) is 0 Å². The number of esters is 1. The van der Waals surface area contributed by atoms with Crippen LogP contribution in [0.1, 0.15) is 17.7 Å². The SMILES string of the molecule is CCOC(=O)/C=C/CSC(c1ccccc1I)C(O)(C(=O)O)C(=O)O. The number of hydrogen-bond acceptors (Lipinski definition) is 6. The number of carboxylic acids is 2. The first-order chi connectivity index (χ1) is 11.7. The van der Waals surface area contributed by atoms with E-state index < -0.39 is 28.8 Å². The number of aliphatic carboxylic acids is 2. The summed E-state index contributed by atoms with van der Waals surface area (Å²) in [5.74, 6) is -4.16. The van der Waals surface area contributed by atoms with Crippen molar-refractivity contribution in [1.29, 1.82) is 0 Å². The fourth-order valence-corrected chi connectivity index (χ4v) is 4.06. The molecule has 0 saturated heterocycles. The van der Waals surface area contributed by atoms with Crippen LogP contribution in [0.25, 0.3) is 0 Å². The first kappa shape index (κ1) is 21.5. The van der Waals surface area contributed by atoms with Gasteiger partial charge >= 0.3 is 17.9 Å². The van der Waals surface area contributed by atoms with Crippen molar-refractivity contribution in [3.05, 3.63) is 45.6 Å². The molecule has 0 saturated carbocycles. The summed E-state index contributed by atoms with van der Waals surface area (Å²) < 4.78 is 5.34. The van der Waals surface area contributed by atoms with Crippen molar-refractivity contribution in [2.75, 3.05) is 12.4 Å². The van der Waals surface area contributed by atoms with E-state index in [2.05, 4.69) is 0 Å². The van der Waals surface area contributed by atoms with Gasteiger partial charge in [-0.3, -0.25) is 0 Å². The van der Waals surface area contributed by atoms with E-state index in [9.17, 15) is 29.7 Å². The van der Waals surface area contributed by atoms with Crippen molar-refractivity contribution in [2.45, 2.75) is 17.8 Å². The quantitative estimate of drug-likeness (QED) is 0.213. The van der Waals surface area contributed by atoms with Crippen LogP contribution < -0.4 is 0 Å². The second-order valence-electron chi connectivity index (χ2n) is 4.77. The lowest BCUT2D eigenvalue weighted by Crippen LogP contribution is -2.51. The van der Waals surface area contributed by atoms with Crippen molar-refractivity contribution < 1.29 is 34.4 Å². The largest absolute Gasteiger partial charge is 0.479 e. The molecule has 3 N–H and O–H groups in total. The Balaban J connectivity index is 3.13. The number of hydrogen-bond donors (Lipinski definition) is 3. The van der Waals surface area contributed by atoms with Crippen LogP contribution in [0.5, 0.6) is 0 Å². The van der Waals surface area contributed by atoms with E-state index in [4.69, 9.17) is 4.74 Å². The third-order valence-electron chi connectivity index (χ3n) is 3.12. The minimum Gasteiger partial charge on any atom is -0.479 e. The second-order valence-corrected chi connectivity index (χ2v) is 7.07. The molecule has 0 spiro atoms. The Morgan fingerprint density at radius 1 is 1.28 bits per heavy atom. The highest BCUT2D eigenvalue weighted by Crippen LogP contribution is 2.41. The third kappa shape index (κ3) is 5.44. The first-order valence-corrected chi connectivity index (χ1v) is 9.26. The van der Waals surface area contributed by atoms with Gasteiger partial charge in [0.25, 0.3) is 5.60 Å². The van der Waals surface area contributed by atoms with Crippen molar-refractivity contribution in [2.24, 2.45) is 0 Å². The molecule has 1 rings (SSSR count). The zero-order chi connectivity index (χ0) is 19.0. The molecule has 0 aromatic heterocycles. The smallest absolute Gasteiger partial charge is 0.349 e. The van der Waals surface area contributed by atoms with Gasteiger partial charge in [-0.1, -0.05) is 24.3 Å². The number of benzene rings is 1. The van der Waals surface area contributed by atoms with Gasteiger partial charge < -0.3 is 20.1 Å². The Morgan fingerprint density at radius 3 is 2.40 bits per heavy atom. The standard InChI is InChI=1S/C16H17IO7S/c1-2-24-12(18)8-5-9-25-13(10-6-3-4-7-11(10)17)16(23,14(19)20)15(21)22/h3-8,13,23H,2,9H2,1H3,(H,19,20)(H,21,22)/b8-5+. The Hall–Kier alpha value is -1.59. The summed E-state index contributed by atoms with van der Waals surface area (Å²) in [6.07, 6.45) is 2.60. The molecule has 1 unspecified atom stereocenters. The summed E-state index contributed by atoms with van der Waals surface area (Å²) in [7, 11) is 0. The second kappa shape index (κ2) is 9.78. The molecule has 1 aromatic rings. The third-order valence-corrected chi connectivity index (χ3v) is 5.41. The van der Waals surface area contributed by atoms with Crippen LogP contribution in [-0.4, -0.2) is 51.2 Å². The zero-order valence-electron chi connectivity index (χ0n) is 13.2. The average Bonchev–Trinajstić information content (AvgIpc) is 2.55. The minimum absolute atomic E-state index is 0.108. The number of rotatable bonds is 9. The summed E-state index contributed by atoms with van der Waals surface area (Å²) >= 11 is 2.84. The highest BCUT2D eigenvalue weighted by atomic mass is 127. The van der Waals surface area contributed by atoms with Gasteiger partial charge in [0.05, 0.1) is 11.9 Å². The number of carbonyl (C=O) groups excluding carboxylic acids is 1. The summed E-state index contributed by atoms with van der Waals surface area (Å²) in [5.41, 5.74) is -2.63. The Kier molecular flexibility index (Phi) is 8.39. The van der Waals surface area contributed by atoms with Gasteiger partial charge in [-0.25, -0.2) is 14.4 Å². The van der Waals surface area contributed by atoms with Gasteiger partial charge in [-0.05, 0) is 41.1 Å². The molecule has 0 aliphatic heterocycles. The molecule has 0 radical (unpaired) electrons. The van der Waals surface area contributed by atoms with Gasteiger partial charge in [0, 0.05) is 15.4 Å². The Morgan fingerprint density at radius 2 is 1.88 bits per heavy atom. The van der Waals surface area contributed by atoms with E-state index in [-0.39, 0.29) is 12.4 Å². The molecule has 136 valence electrons. The Labute approximate surface area is 162 Å². The van der Waals surface area contributed by atoms with Crippen molar-refractivity contribution in [1.82, 2.24) is 0 Å². The molecular formula is C16H17IO7S. The maximum Gasteiger partial charge on any atom is 0.349 e. The molecule has 9 heteroatoms. The van der Waals surface area contributed by atoms with Crippen molar-refractivity contribution >= 4 is 52.3 Å². The molecule has 7 nitrogen and oxygen atoms in total. The van der Waals surface area contributed by atoms with E-state index in [1.165, 1.54) is 12.2 Å². The summed E-state index contributed by atoms with van der Waals surface area (Å²) in [6.45, 7) is 1.88. The van der Waals surface area contributed by atoms with Crippen LogP contribution in [0.3, 0.4) is 0 Å². The van der Waals surface area contributed by atoms with E-state index >= 15 is 0 Å². The minimum atomic E-state index is -3.01. The molecular weight excluding hydrogens is 463 g/mol. The van der Waals surface area contributed by atoms with E-state index in [0.717, 1.165) is 11.8 Å². The number of carboxylic acid groups (broad SMARTS) is 2. The maximum atomic E-state index is 11.5.